The van der Waals surface area contributed by atoms with E-state index in [9.17, 15) is 23.3 Å². The van der Waals surface area contributed by atoms with Crippen molar-refractivity contribution in [2.24, 2.45) is 0 Å². The van der Waals surface area contributed by atoms with Crippen molar-refractivity contribution < 1.29 is 22.4 Å². The van der Waals surface area contributed by atoms with Crippen LogP contribution in [0.25, 0.3) is 11.0 Å². The van der Waals surface area contributed by atoms with Crippen LogP contribution in [0.3, 0.4) is 0 Å². The van der Waals surface area contributed by atoms with Gasteiger partial charge in [0.05, 0.1) is 17.6 Å². The summed E-state index contributed by atoms with van der Waals surface area (Å²) in [6, 6.07) is 14.4. The molecule has 1 amide bonds. The normalized spacial score (nSPS) is 14.8. The van der Waals surface area contributed by atoms with Gasteiger partial charge >= 0.3 is 5.63 Å². The van der Waals surface area contributed by atoms with Crippen LogP contribution in [0.2, 0.25) is 0 Å². The number of para-hydroxylation sites is 1. The Balaban J connectivity index is 1.55. The van der Waals surface area contributed by atoms with E-state index in [2.05, 4.69) is 0 Å². The van der Waals surface area contributed by atoms with Crippen molar-refractivity contribution >= 4 is 26.9 Å². The molecule has 1 aliphatic heterocycles. The van der Waals surface area contributed by atoms with Gasteiger partial charge in [-0.3, -0.25) is 4.79 Å². The predicted molar refractivity (Wildman–Crippen MR) is 115 cm³/mol. The minimum Gasteiger partial charge on any atom is -0.493 e. The summed E-state index contributed by atoms with van der Waals surface area (Å²) in [5.41, 5.74) is -0.597. The second kappa shape index (κ2) is 8.45. The van der Waals surface area contributed by atoms with Gasteiger partial charge in [-0.2, -0.15) is 9.57 Å². The zero-order valence-electron chi connectivity index (χ0n) is 17.1. The molecule has 3 aromatic rings. The van der Waals surface area contributed by atoms with Crippen molar-refractivity contribution in [2.75, 3.05) is 33.3 Å². The first-order chi connectivity index (χ1) is 15.4. The summed E-state index contributed by atoms with van der Waals surface area (Å²) >= 11 is 0. The minimum absolute atomic E-state index is 0.0422. The molecule has 0 spiro atoms. The van der Waals surface area contributed by atoms with Crippen LogP contribution in [0.5, 0.6) is 5.75 Å². The summed E-state index contributed by atoms with van der Waals surface area (Å²) in [5.74, 6) is -0.145. The van der Waals surface area contributed by atoms with Crippen LogP contribution in [0.1, 0.15) is 15.9 Å². The Morgan fingerprint density at radius 1 is 1.09 bits per heavy atom. The summed E-state index contributed by atoms with van der Waals surface area (Å²) in [5, 5.41) is 9.77. The molecule has 164 valence electrons. The van der Waals surface area contributed by atoms with E-state index in [1.165, 1.54) is 34.5 Å². The van der Waals surface area contributed by atoms with Crippen LogP contribution in [0, 0.1) is 11.3 Å². The second-order valence-corrected chi connectivity index (χ2v) is 9.04. The Bertz CT molecular complexity index is 1400. The summed E-state index contributed by atoms with van der Waals surface area (Å²) in [6.45, 7) is 0.284. The molecule has 2 heterocycles. The number of sulfonamides is 1. The smallest absolute Gasteiger partial charge is 0.349 e. The molecule has 0 saturated carbocycles. The number of nitrogens with zero attached hydrogens (tertiary/aromatic N) is 3. The second-order valence-electron chi connectivity index (χ2n) is 7.13. The quantitative estimate of drug-likeness (QED) is 0.553. The van der Waals surface area contributed by atoms with Gasteiger partial charge in [0, 0.05) is 31.6 Å². The number of piperazine rings is 1. The predicted octanol–water partition coefficient (Wildman–Crippen LogP) is 1.82. The molecule has 0 unspecified atom stereocenters. The van der Waals surface area contributed by atoms with Crippen molar-refractivity contribution in [3.63, 3.8) is 0 Å². The summed E-state index contributed by atoms with van der Waals surface area (Å²) in [6.07, 6.45) is 0. The molecule has 0 aliphatic carbocycles. The number of rotatable bonds is 4. The van der Waals surface area contributed by atoms with Crippen molar-refractivity contribution in [1.82, 2.24) is 9.21 Å². The van der Waals surface area contributed by atoms with Crippen molar-refractivity contribution in [3.8, 4) is 11.8 Å². The largest absolute Gasteiger partial charge is 0.493 e. The van der Waals surface area contributed by atoms with Gasteiger partial charge in [-0.05, 0) is 24.3 Å². The van der Waals surface area contributed by atoms with Gasteiger partial charge in [0.2, 0.25) is 10.0 Å². The lowest BCUT2D eigenvalue weighted by molar-refractivity contribution is 0.0693. The maximum Gasteiger partial charge on any atom is 0.349 e. The lowest BCUT2D eigenvalue weighted by Gasteiger charge is -2.34. The average Bonchev–Trinajstić information content (AvgIpc) is 2.82. The zero-order valence-corrected chi connectivity index (χ0v) is 18.0. The summed E-state index contributed by atoms with van der Waals surface area (Å²) in [4.78, 5) is 26.8. The SMILES string of the molecule is COc1cccc2cc(C(=O)N3CCN(S(=O)(=O)c4ccccc4C#N)CC3)c(=O)oc12. The van der Waals surface area contributed by atoms with Gasteiger partial charge in [-0.15, -0.1) is 0 Å². The molecule has 1 fully saturated rings. The zero-order chi connectivity index (χ0) is 22.9. The molecular formula is C22H19N3O6S. The lowest BCUT2D eigenvalue weighted by Crippen LogP contribution is -2.51. The Kier molecular flexibility index (Phi) is 5.69. The number of fused-ring (bicyclic) bond motifs is 1. The Morgan fingerprint density at radius 2 is 1.81 bits per heavy atom. The Hall–Kier alpha value is -3.68. The molecule has 1 saturated heterocycles. The Morgan fingerprint density at radius 3 is 2.50 bits per heavy atom. The molecule has 10 heteroatoms. The van der Waals surface area contributed by atoms with Crippen LogP contribution in [-0.4, -0.2) is 56.8 Å². The molecule has 0 N–H and O–H groups in total. The number of benzene rings is 2. The monoisotopic (exact) mass is 453 g/mol. The van der Waals surface area contributed by atoms with Crippen LogP contribution in [-0.2, 0) is 10.0 Å². The van der Waals surface area contributed by atoms with Crippen LogP contribution in [0.15, 0.2) is 62.6 Å². The van der Waals surface area contributed by atoms with E-state index in [0.29, 0.717) is 11.1 Å². The highest BCUT2D eigenvalue weighted by Crippen LogP contribution is 2.25. The first kappa shape index (κ1) is 21.5. The number of methoxy groups -OCH3 is 1. The molecular weight excluding hydrogens is 434 g/mol. The number of ether oxygens (including phenoxy) is 1. The third kappa shape index (κ3) is 3.72. The van der Waals surface area contributed by atoms with E-state index in [0.717, 1.165) is 0 Å². The highest BCUT2D eigenvalue weighted by atomic mass is 32.2. The number of hydrogen-bond acceptors (Lipinski definition) is 7. The summed E-state index contributed by atoms with van der Waals surface area (Å²) < 4.78 is 37.7. The third-order valence-corrected chi connectivity index (χ3v) is 7.28. The molecule has 0 radical (unpaired) electrons. The van der Waals surface area contributed by atoms with Crippen LogP contribution in [0.4, 0.5) is 0 Å². The lowest BCUT2D eigenvalue weighted by atomic mass is 10.1. The average molecular weight is 453 g/mol. The minimum atomic E-state index is -3.88. The molecule has 0 atom stereocenters. The number of carbonyl (C=O) groups excluding carboxylic acids is 1. The van der Waals surface area contributed by atoms with Crippen LogP contribution >= 0.6 is 0 Å². The number of hydrogen-bond donors (Lipinski definition) is 0. The van der Waals surface area contributed by atoms with E-state index in [-0.39, 0.29) is 47.8 Å². The van der Waals surface area contributed by atoms with E-state index >= 15 is 0 Å². The van der Waals surface area contributed by atoms with Gasteiger partial charge < -0.3 is 14.1 Å². The molecule has 2 aromatic carbocycles. The highest BCUT2D eigenvalue weighted by Gasteiger charge is 2.32. The van der Waals surface area contributed by atoms with E-state index in [4.69, 9.17) is 9.15 Å². The van der Waals surface area contributed by atoms with Gasteiger partial charge in [-0.25, -0.2) is 13.2 Å². The number of amides is 1. The highest BCUT2D eigenvalue weighted by molar-refractivity contribution is 7.89. The number of carbonyl (C=O) groups is 1. The molecule has 1 aliphatic rings. The Labute approximate surface area is 184 Å². The topological polar surface area (TPSA) is 121 Å². The molecule has 1 aromatic heterocycles. The molecule has 0 bridgehead atoms. The maximum atomic E-state index is 13.0. The van der Waals surface area contributed by atoms with Gasteiger partial charge in [0.1, 0.15) is 11.6 Å². The first-order valence-corrected chi connectivity index (χ1v) is 11.2. The van der Waals surface area contributed by atoms with Crippen molar-refractivity contribution in [2.45, 2.75) is 4.90 Å². The van der Waals surface area contributed by atoms with Crippen LogP contribution < -0.4 is 10.4 Å². The van der Waals surface area contributed by atoms with E-state index < -0.39 is 21.6 Å². The fraction of sp³-hybridized carbons (Fsp3) is 0.227. The van der Waals surface area contributed by atoms with Gasteiger partial charge in [-0.1, -0.05) is 24.3 Å². The van der Waals surface area contributed by atoms with Gasteiger partial charge in [0.15, 0.2) is 11.3 Å². The molecule has 4 rings (SSSR count). The van der Waals surface area contributed by atoms with Crippen molar-refractivity contribution in [3.05, 3.63) is 70.1 Å². The van der Waals surface area contributed by atoms with Crippen molar-refractivity contribution in [1.29, 1.82) is 5.26 Å². The number of nitriles is 1. The fourth-order valence-electron chi connectivity index (χ4n) is 3.65. The van der Waals surface area contributed by atoms with E-state index in [1.807, 2.05) is 6.07 Å². The first-order valence-electron chi connectivity index (χ1n) is 9.76. The third-order valence-electron chi connectivity index (χ3n) is 5.33. The maximum absolute atomic E-state index is 13.0. The fourth-order valence-corrected chi connectivity index (χ4v) is 5.22. The summed E-state index contributed by atoms with van der Waals surface area (Å²) in [7, 11) is -2.43. The molecule has 32 heavy (non-hydrogen) atoms. The molecule has 9 nitrogen and oxygen atoms in total. The van der Waals surface area contributed by atoms with Gasteiger partial charge in [0.25, 0.3) is 5.91 Å². The van der Waals surface area contributed by atoms with E-state index in [1.54, 1.807) is 30.3 Å². The standard InChI is InChI=1S/C22H19N3O6S/c1-30-18-7-4-6-15-13-17(22(27)31-20(15)18)21(26)24-9-11-25(12-10-24)32(28,29)19-8-3-2-5-16(19)14-23/h2-8,13H,9-12H2,1H3.